The largest absolute Gasteiger partial charge is 0.487 e. The standard InChI is InChI=1S/C25H25ClN4O3S/c1-14-10-17(13-34-14)12-33-22-15(2)16(3)30(23(31)21(22)26)18-6-8-27-20(11-18)19-7-9-28-24(29-19)25(4,5)32/h6-11,13,32H,12H2,1-5H3. The molecular weight excluding hydrogens is 472 g/mol. The maximum atomic E-state index is 13.3. The number of hydrogen-bond donors (Lipinski definition) is 1. The summed E-state index contributed by atoms with van der Waals surface area (Å²) in [6.45, 7) is 9.34. The van der Waals surface area contributed by atoms with Crippen molar-refractivity contribution < 1.29 is 9.84 Å². The number of pyridine rings is 2. The molecular formula is C25H25ClN4O3S. The van der Waals surface area contributed by atoms with Crippen LogP contribution in [0.15, 0.2) is 46.8 Å². The second-order valence-corrected chi connectivity index (χ2v) is 10.1. The summed E-state index contributed by atoms with van der Waals surface area (Å²) in [5.74, 6) is 0.677. The lowest BCUT2D eigenvalue weighted by Gasteiger charge is -2.18. The van der Waals surface area contributed by atoms with Gasteiger partial charge in [0.1, 0.15) is 23.0 Å². The zero-order valence-electron chi connectivity index (χ0n) is 19.6. The van der Waals surface area contributed by atoms with Gasteiger partial charge in [-0.1, -0.05) is 11.6 Å². The Bertz CT molecular complexity index is 1420. The highest BCUT2D eigenvalue weighted by Crippen LogP contribution is 2.31. The normalized spacial score (nSPS) is 11.6. The molecule has 0 spiro atoms. The lowest BCUT2D eigenvalue weighted by atomic mass is 10.1. The molecule has 0 fully saturated rings. The molecule has 0 radical (unpaired) electrons. The van der Waals surface area contributed by atoms with Crippen molar-refractivity contribution in [3.05, 3.63) is 84.9 Å². The van der Waals surface area contributed by atoms with Crippen LogP contribution in [0.3, 0.4) is 0 Å². The molecule has 176 valence electrons. The maximum Gasteiger partial charge on any atom is 0.277 e. The summed E-state index contributed by atoms with van der Waals surface area (Å²) in [4.78, 5) is 27.5. The molecule has 0 atom stereocenters. The maximum absolute atomic E-state index is 13.3. The van der Waals surface area contributed by atoms with Crippen molar-refractivity contribution in [2.45, 2.75) is 46.8 Å². The molecule has 4 aromatic rings. The van der Waals surface area contributed by atoms with Crippen LogP contribution in [-0.4, -0.2) is 24.6 Å². The van der Waals surface area contributed by atoms with Crippen LogP contribution in [0.4, 0.5) is 0 Å². The van der Waals surface area contributed by atoms with Gasteiger partial charge in [0.15, 0.2) is 5.82 Å². The molecule has 7 nitrogen and oxygen atoms in total. The second kappa shape index (κ2) is 9.29. The van der Waals surface area contributed by atoms with E-state index in [4.69, 9.17) is 16.3 Å². The van der Waals surface area contributed by atoms with Gasteiger partial charge in [-0.2, -0.15) is 0 Å². The van der Waals surface area contributed by atoms with Gasteiger partial charge in [-0.15, -0.1) is 11.3 Å². The Morgan fingerprint density at radius 1 is 1.12 bits per heavy atom. The number of aryl methyl sites for hydroxylation is 1. The highest BCUT2D eigenvalue weighted by molar-refractivity contribution is 7.10. The quantitative estimate of drug-likeness (QED) is 0.397. The van der Waals surface area contributed by atoms with E-state index >= 15 is 0 Å². The van der Waals surface area contributed by atoms with Crippen LogP contribution in [0, 0.1) is 20.8 Å². The van der Waals surface area contributed by atoms with Crippen LogP contribution in [-0.2, 0) is 12.2 Å². The highest BCUT2D eigenvalue weighted by atomic mass is 35.5. The number of halogens is 1. The first kappa shape index (κ1) is 24.1. The fourth-order valence-electron chi connectivity index (χ4n) is 3.55. The van der Waals surface area contributed by atoms with Gasteiger partial charge in [0.25, 0.3) is 5.56 Å². The molecule has 1 N–H and O–H groups in total. The second-order valence-electron chi connectivity index (χ2n) is 8.57. The average Bonchev–Trinajstić information content (AvgIpc) is 3.22. The SMILES string of the molecule is Cc1cc(COc2c(C)c(C)n(-c3ccnc(-c4ccnc(C(C)(C)O)n4)c3)c(=O)c2Cl)cs1. The molecule has 0 aliphatic heterocycles. The van der Waals surface area contributed by atoms with Gasteiger partial charge in [0.2, 0.25) is 0 Å². The van der Waals surface area contributed by atoms with Crippen molar-refractivity contribution in [3.63, 3.8) is 0 Å². The van der Waals surface area contributed by atoms with E-state index in [2.05, 4.69) is 21.0 Å². The van der Waals surface area contributed by atoms with Crippen molar-refractivity contribution in [2.75, 3.05) is 0 Å². The number of aliphatic hydroxyl groups is 1. The lowest BCUT2D eigenvalue weighted by molar-refractivity contribution is 0.0688. The summed E-state index contributed by atoms with van der Waals surface area (Å²) < 4.78 is 7.51. The van der Waals surface area contributed by atoms with Crippen molar-refractivity contribution in [3.8, 4) is 22.8 Å². The predicted molar refractivity (Wildman–Crippen MR) is 134 cm³/mol. The zero-order valence-corrected chi connectivity index (χ0v) is 21.2. The monoisotopic (exact) mass is 496 g/mol. The number of rotatable bonds is 6. The van der Waals surface area contributed by atoms with Crippen LogP contribution in [0.2, 0.25) is 5.02 Å². The van der Waals surface area contributed by atoms with Gasteiger partial charge in [0.05, 0.1) is 17.1 Å². The van der Waals surface area contributed by atoms with Crippen LogP contribution < -0.4 is 10.3 Å². The molecule has 0 aromatic carbocycles. The molecule has 4 heterocycles. The van der Waals surface area contributed by atoms with Gasteiger partial charge in [-0.05, 0) is 64.3 Å². The summed E-state index contributed by atoms with van der Waals surface area (Å²) in [5, 5.41) is 12.3. The summed E-state index contributed by atoms with van der Waals surface area (Å²) in [6, 6.07) is 7.25. The van der Waals surface area contributed by atoms with E-state index < -0.39 is 5.60 Å². The first-order valence-corrected chi connectivity index (χ1v) is 11.9. The molecule has 34 heavy (non-hydrogen) atoms. The number of nitrogens with zero attached hydrogens (tertiary/aromatic N) is 4. The number of ether oxygens (including phenoxy) is 1. The highest BCUT2D eigenvalue weighted by Gasteiger charge is 2.21. The Kier molecular flexibility index (Phi) is 6.58. The van der Waals surface area contributed by atoms with Gasteiger partial charge >= 0.3 is 0 Å². The Balaban J connectivity index is 1.74. The number of thiophene rings is 1. The number of aromatic nitrogens is 4. The average molecular weight is 497 g/mol. The third-order valence-corrected chi connectivity index (χ3v) is 6.69. The van der Waals surface area contributed by atoms with E-state index in [1.807, 2.05) is 26.2 Å². The summed E-state index contributed by atoms with van der Waals surface area (Å²) in [6.07, 6.45) is 3.18. The van der Waals surface area contributed by atoms with Crippen LogP contribution in [0.1, 0.15) is 41.4 Å². The molecule has 0 amide bonds. The summed E-state index contributed by atoms with van der Waals surface area (Å²) in [5.41, 5.74) is 2.63. The van der Waals surface area contributed by atoms with E-state index in [9.17, 15) is 9.90 Å². The molecule has 0 bridgehead atoms. The van der Waals surface area contributed by atoms with Crippen molar-refractivity contribution in [1.82, 2.24) is 19.5 Å². The zero-order chi connectivity index (χ0) is 24.6. The minimum absolute atomic E-state index is 0.0276. The van der Waals surface area contributed by atoms with Crippen LogP contribution >= 0.6 is 22.9 Å². The number of hydrogen-bond acceptors (Lipinski definition) is 7. The minimum Gasteiger partial charge on any atom is -0.487 e. The van der Waals surface area contributed by atoms with Crippen molar-refractivity contribution in [1.29, 1.82) is 0 Å². The Morgan fingerprint density at radius 2 is 1.85 bits per heavy atom. The van der Waals surface area contributed by atoms with E-state index in [0.29, 0.717) is 35.1 Å². The Morgan fingerprint density at radius 3 is 2.53 bits per heavy atom. The van der Waals surface area contributed by atoms with Gasteiger partial charge in [0, 0.05) is 34.1 Å². The van der Waals surface area contributed by atoms with Crippen molar-refractivity contribution >= 4 is 22.9 Å². The van der Waals surface area contributed by atoms with Crippen molar-refractivity contribution in [2.24, 2.45) is 0 Å². The van der Waals surface area contributed by atoms with Gasteiger partial charge < -0.3 is 9.84 Å². The first-order valence-electron chi connectivity index (χ1n) is 10.7. The molecule has 4 rings (SSSR count). The molecule has 0 aliphatic rings. The molecule has 9 heteroatoms. The third-order valence-electron chi connectivity index (χ3n) is 5.44. The molecule has 0 saturated heterocycles. The van der Waals surface area contributed by atoms with Crippen LogP contribution in [0.25, 0.3) is 17.1 Å². The first-order chi connectivity index (χ1) is 16.1. The van der Waals surface area contributed by atoms with E-state index in [1.165, 1.54) is 4.88 Å². The predicted octanol–water partition coefficient (Wildman–Crippen LogP) is 5.14. The van der Waals surface area contributed by atoms with Crippen LogP contribution in [0.5, 0.6) is 5.75 Å². The topological polar surface area (TPSA) is 90.1 Å². The third kappa shape index (κ3) is 4.75. The Labute approximate surface area is 206 Å². The minimum atomic E-state index is -1.19. The summed E-state index contributed by atoms with van der Waals surface area (Å²) in [7, 11) is 0. The summed E-state index contributed by atoms with van der Waals surface area (Å²) >= 11 is 8.15. The fourth-order valence-corrected chi connectivity index (χ4v) is 4.52. The van der Waals surface area contributed by atoms with E-state index in [0.717, 1.165) is 11.1 Å². The van der Waals surface area contributed by atoms with Gasteiger partial charge in [-0.3, -0.25) is 14.3 Å². The van der Waals surface area contributed by atoms with Gasteiger partial charge in [-0.25, -0.2) is 9.97 Å². The molecule has 0 aliphatic carbocycles. The van der Waals surface area contributed by atoms with E-state index in [-0.39, 0.29) is 16.4 Å². The Hall–Kier alpha value is -3.07. The molecule has 0 unspecified atom stereocenters. The lowest BCUT2D eigenvalue weighted by Crippen LogP contribution is -2.23. The van der Waals surface area contributed by atoms with E-state index in [1.54, 1.807) is 60.3 Å². The molecule has 4 aromatic heterocycles. The smallest absolute Gasteiger partial charge is 0.277 e. The molecule has 0 saturated carbocycles. The fraction of sp³-hybridized carbons (Fsp3) is 0.280.